The first-order chi connectivity index (χ1) is 10.3. The zero-order chi connectivity index (χ0) is 14.9. The number of allylic oxidation sites excluding steroid dienone is 1. The fourth-order valence-corrected chi connectivity index (χ4v) is 3.31. The number of rotatable bonds is 3. The Kier molecular flexibility index (Phi) is 9.42. The van der Waals surface area contributed by atoms with Crippen LogP contribution in [-0.2, 0) is 17.1 Å². The van der Waals surface area contributed by atoms with E-state index in [1.807, 2.05) is 48.5 Å². The Hall–Kier alpha value is -0.861. The van der Waals surface area contributed by atoms with Crippen LogP contribution in [0.3, 0.4) is 0 Å². The van der Waals surface area contributed by atoms with Crippen molar-refractivity contribution in [3.05, 3.63) is 97.1 Å². The molecule has 1 atom stereocenters. The van der Waals surface area contributed by atoms with Crippen LogP contribution < -0.4 is 0 Å². The van der Waals surface area contributed by atoms with Crippen LogP contribution >= 0.6 is 24.0 Å². The Morgan fingerprint density at radius 3 is 2.27 bits per heavy atom. The number of thioether (sulfide) groups is 1. The number of hydrogen-bond donors (Lipinski definition) is 0. The molecule has 0 N–H and O–H groups in total. The molecule has 1 aliphatic carbocycles. The van der Waals surface area contributed by atoms with Crippen LogP contribution in [0.1, 0.15) is 12.5 Å². The van der Waals surface area contributed by atoms with Gasteiger partial charge in [-0.2, -0.15) is 18.2 Å². The maximum atomic E-state index is 5.43. The molecule has 0 spiro atoms. The number of hydrogen-bond acceptors (Lipinski definition) is 2. The van der Waals surface area contributed by atoms with Crippen molar-refractivity contribution in [3.8, 4) is 0 Å². The molecule has 0 saturated heterocycles. The molecule has 3 rings (SSSR count). The van der Waals surface area contributed by atoms with Gasteiger partial charge in [0, 0.05) is 0 Å². The van der Waals surface area contributed by atoms with Crippen LogP contribution in [-0.4, -0.2) is 9.45 Å². The molecule has 0 amide bonds. The van der Waals surface area contributed by atoms with Gasteiger partial charge in [-0.25, -0.2) is 30.2 Å². The normalized spacial score (nSPS) is 13.8. The summed E-state index contributed by atoms with van der Waals surface area (Å²) in [5.41, 5.74) is 2.48. The second kappa shape index (κ2) is 10.8. The molecule has 0 heterocycles. The predicted octanol–water partition coefficient (Wildman–Crippen LogP) is 5.44. The molecule has 2 radical (unpaired) electrons. The summed E-state index contributed by atoms with van der Waals surface area (Å²) in [6.07, 6.45) is 8.42. The van der Waals surface area contributed by atoms with Crippen LogP contribution in [0.15, 0.2) is 72.3 Å². The smallest absolute Gasteiger partial charge is 0.225 e. The van der Waals surface area contributed by atoms with Crippen molar-refractivity contribution < 1.29 is 17.1 Å². The van der Waals surface area contributed by atoms with Crippen molar-refractivity contribution in [2.75, 3.05) is 0 Å². The van der Waals surface area contributed by atoms with Gasteiger partial charge in [-0.1, -0.05) is 49.5 Å². The van der Waals surface area contributed by atoms with Gasteiger partial charge >= 0.3 is 17.1 Å². The summed E-state index contributed by atoms with van der Waals surface area (Å²) in [5, 5.41) is 0.419. The molecule has 0 bridgehead atoms. The van der Waals surface area contributed by atoms with E-state index in [1.165, 1.54) is 5.57 Å². The van der Waals surface area contributed by atoms with Crippen LogP contribution in [0.2, 0.25) is 0 Å². The Labute approximate surface area is 154 Å². The molecule has 1 aliphatic rings. The van der Waals surface area contributed by atoms with E-state index in [2.05, 4.69) is 44.4 Å². The molecular formula is C19H18FeS2. The molecule has 0 nitrogen and oxygen atoms in total. The van der Waals surface area contributed by atoms with Crippen molar-refractivity contribution in [2.45, 2.75) is 12.2 Å². The second-order valence-corrected chi connectivity index (χ2v) is 6.61. The fraction of sp³-hybridized carbons (Fsp3) is 0.105. The van der Waals surface area contributed by atoms with Gasteiger partial charge in [0.2, 0.25) is 0 Å². The van der Waals surface area contributed by atoms with E-state index in [0.717, 1.165) is 9.76 Å². The SMILES string of the molecule is CC(SC(=S)c1ccccc1)C1=C[CH][CH][CH-]1.[Fe+2].c1cc[cH-]c1. The summed E-state index contributed by atoms with van der Waals surface area (Å²) in [5.74, 6) is 0. The summed E-state index contributed by atoms with van der Waals surface area (Å²) in [6.45, 7) is 2.19. The molecular weight excluding hydrogens is 348 g/mol. The van der Waals surface area contributed by atoms with Crippen molar-refractivity contribution in [1.29, 1.82) is 0 Å². The average Bonchev–Trinajstić information content (AvgIpc) is 3.23. The van der Waals surface area contributed by atoms with Crippen LogP contribution in [0.25, 0.3) is 0 Å². The van der Waals surface area contributed by atoms with Crippen LogP contribution in [0, 0.1) is 19.3 Å². The van der Waals surface area contributed by atoms with E-state index in [0.29, 0.717) is 5.25 Å². The van der Waals surface area contributed by atoms with E-state index in [9.17, 15) is 0 Å². The van der Waals surface area contributed by atoms with Gasteiger partial charge in [0.25, 0.3) is 0 Å². The van der Waals surface area contributed by atoms with Gasteiger partial charge in [-0.3, -0.25) is 0 Å². The Bertz CT molecular complexity index is 541. The summed E-state index contributed by atoms with van der Waals surface area (Å²) in [6, 6.07) is 20.2. The van der Waals surface area contributed by atoms with Gasteiger partial charge in [0.15, 0.2) is 0 Å². The maximum Gasteiger partial charge on any atom is 2.00 e. The summed E-state index contributed by atoms with van der Waals surface area (Å²) >= 11 is 7.18. The monoisotopic (exact) mass is 366 g/mol. The summed E-state index contributed by atoms with van der Waals surface area (Å²) < 4.78 is 0.967. The standard InChI is InChI=1S/C14H13S2.C5H5.Fe/c1-11(12-7-5-6-8-12)16-14(15)13-9-3-2-4-10-13;1-2-4-5-3-1;/h2-11H,1H3;1-5H;/q2*-1;+2. The van der Waals surface area contributed by atoms with Crippen molar-refractivity contribution in [3.63, 3.8) is 0 Å². The van der Waals surface area contributed by atoms with Crippen molar-refractivity contribution in [2.24, 2.45) is 0 Å². The molecule has 0 aromatic heterocycles. The van der Waals surface area contributed by atoms with Gasteiger partial charge in [-0.15, -0.1) is 24.6 Å². The maximum absolute atomic E-state index is 5.43. The van der Waals surface area contributed by atoms with E-state index in [-0.39, 0.29) is 17.1 Å². The van der Waals surface area contributed by atoms with E-state index in [1.54, 1.807) is 11.8 Å². The molecule has 0 fully saturated rings. The third kappa shape index (κ3) is 6.49. The zero-order valence-electron chi connectivity index (χ0n) is 12.3. The first-order valence-electron chi connectivity index (χ1n) is 6.91. The third-order valence-electron chi connectivity index (χ3n) is 3.01. The van der Waals surface area contributed by atoms with Gasteiger partial charge in [0.1, 0.15) is 0 Å². The molecule has 2 aromatic rings. The van der Waals surface area contributed by atoms with Crippen molar-refractivity contribution in [1.82, 2.24) is 0 Å². The van der Waals surface area contributed by atoms with E-state index < -0.39 is 0 Å². The molecule has 3 heteroatoms. The Morgan fingerprint density at radius 2 is 1.77 bits per heavy atom. The fourth-order valence-electron chi connectivity index (χ4n) is 1.85. The molecule has 22 heavy (non-hydrogen) atoms. The largest absolute Gasteiger partial charge is 2.00 e. The number of thiocarbonyl (C=S) groups is 1. The average molecular weight is 366 g/mol. The Morgan fingerprint density at radius 1 is 1.09 bits per heavy atom. The minimum absolute atomic E-state index is 0. The molecule has 0 saturated carbocycles. The molecule has 114 valence electrons. The second-order valence-electron chi connectivity index (χ2n) is 4.59. The predicted molar refractivity (Wildman–Crippen MR) is 98.2 cm³/mol. The van der Waals surface area contributed by atoms with Crippen molar-refractivity contribution >= 4 is 28.2 Å². The van der Waals surface area contributed by atoms with Crippen LogP contribution in [0.4, 0.5) is 0 Å². The zero-order valence-corrected chi connectivity index (χ0v) is 15.1. The molecule has 0 aliphatic heterocycles. The van der Waals surface area contributed by atoms with Gasteiger partial charge in [0.05, 0.1) is 4.20 Å². The molecule has 1 unspecified atom stereocenters. The van der Waals surface area contributed by atoms with Gasteiger partial charge < -0.3 is 0 Å². The Balaban J connectivity index is 0.000000344. The quantitative estimate of drug-likeness (QED) is 0.403. The summed E-state index contributed by atoms with van der Waals surface area (Å²) in [7, 11) is 0. The van der Waals surface area contributed by atoms with E-state index >= 15 is 0 Å². The first kappa shape index (κ1) is 19.2. The minimum Gasteiger partial charge on any atom is -0.225 e. The summed E-state index contributed by atoms with van der Waals surface area (Å²) in [4.78, 5) is 0. The number of benzene rings is 1. The minimum atomic E-state index is 0. The van der Waals surface area contributed by atoms with E-state index in [4.69, 9.17) is 12.2 Å². The van der Waals surface area contributed by atoms with Crippen LogP contribution in [0.5, 0.6) is 0 Å². The van der Waals surface area contributed by atoms with Gasteiger partial charge in [-0.05, 0) is 10.8 Å². The first-order valence-corrected chi connectivity index (χ1v) is 8.20. The molecule has 2 aromatic carbocycles. The topological polar surface area (TPSA) is 0 Å². The third-order valence-corrected chi connectivity index (χ3v) is 4.61.